The largest absolute Gasteiger partial charge is 0.376 e. The van der Waals surface area contributed by atoms with Gasteiger partial charge in [-0.3, -0.25) is 9.59 Å². The number of rotatable bonds is 4. The Morgan fingerprint density at radius 1 is 1.37 bits per heavy atom. The quantitative estimate of drug-likeness (QED) is 0.837. The van der Waals surface area contributed by atoms with Crippen molar-refractivity contribution in [1.82, 2.24) is 5.32 Å². The van der Waals surface area contributed by atoms with Gasteiger partial charge < -0.3 is 15.8 Å². The van der Waals surface area contributed by atoms with Crippen LogP contribution in [0.15, 0.2) is 18.2 Å². The van der Waals surface area contributed by atoms with Crippen LogP contribution in [0.3, 0.4) is 0 Å². The Morgan fingerprint density at radius 3 is 2.58 bits per heavy atom. The predicted molar refractivity (Wildman–Crippen MR) is 70.7 cm³/mol. The van der Waals surface area contributed by atoms with E-state index >= 15 is 0 Å². The maximum absolute atomic E-state index is 12.3. The molecule has 0 saturated carbocycles. The van der Waals surface area contributed by atoms with E-state index in [1.165, 1.54) is 0 Å². The number of aryl methyl sites for hydroxylation is 2. The number of amides is 2. The van der Waals surface area contributed by atoms with Gasteiger partial charge in [-0.15, -0.1) is 0 Å². The number of benzene rings is 1. The zero-order valence-electron chi connectivity index (χ0n) is 11.2. The van der Waals surface area contributed by atoms with Crippen LogP contribution < -0.4 is 11.1 Å². The number of nitrogens with two attached hydrogens (primary N) is 1. The summed E-state index contributed by atoms with van der Waals surface area (Å²) in [4.78, 5) is 23.4. The molecule has 0 radical (unpaired) electrons. The molecule has 2 amide bonds. The van der Waals surface area contributed by atoms with Gasteiger partial charge in [0.15, 0.2) is 0 Å². The van der Waals surface area contributed by atoms with Gasteiger partial charge in [0.2, 0.25) is 5.91 Å². The van der Waals surface area contributed by atoms with Crippen LogP contribution in [-0.2, 0) is 9.53 Å². The molecular formula is C14H18N2O3. The number of carbonyl (C=O) groups is 2. The molecule has 3 N–H and O–H groups in total. The predicted octanol–water partition coefficient (Wildman–Crippen LogP) is 0.678. The number of nitrogens with one attached hydrogen (secondary N) is 1. The molecule has 0 unspecified atom stereocenters. The van der Waals surface area contributed by atoms with Gasteiger partial charge in [-0.05, 0) is 25.5 Å². The molecule has 1 aliphatic heterocycles. The number of hydrogen-bond acceptors (Lipinski definition) is 3. The van der Waals surface area contributed by atoms with Crippen LogP contribution in [0.1, 0.15) is 27.9 Å². The summed E-state index contributed by atoms with van der Waals surface area (Å²) >= 11 is 0. The molecule has 5 nitrogen and oxygen atoms in total. The van der Waals surface area contributed by atoms with Crippen molar-refractivity contribution in [3.05, 3.63) is 34.9 Å². The summed E-state index contributed by atoms with van der Waals surface area (Å²) in [5.41, 5.74) is 7.11. The van der Waals surface area contributed by atoms with Gasteiger partial charge in [-0.25, -0.2) is 0 Å². The van der Waals surface area contributed by atoms with E-state index in [0.717, 1.165) is 11.1 Å². The van der Waals surface area contributed by atoms with Crippen molar-refractivity contribution in [3.63, 3.8) is 0 Å². The van der Waals surface area contributed by atoms with E-state index in [4.69, 9.17) is 10.5 Å². The standard InChI is InChI=1S/C14H18N2O3/c1-9-3-4-10(2)11(5-9)13(18)16-14(6-12(15)17)7-19-8-14/h3-5H,6-8H2,1-2H3,(H2,15,17)(H,16,18). The average molecular weight is 262 g/mol. The minimum Gasteiger partial charge on any atom is -0.376 e. The summed E-state index contributed by atoms with van der Waals surface area (Å²) in [6.07, 6.45) is 0.101. The maximum atomic E-state index is 12.3. The highest BCUT2D eigenvalue weighted by atomic mass is 16.5. The van der Waals surface area contributed by atoms with Crippen molar-refractivity contribution < 1.29 is 14.3 Å². The lowest BCUT2D eigenvalue weighted by Crippen LogP contribution is -2.63. The molecule has 0 spiro atoms. The first kappa shape index (κ1) is 13.5. The Morgan fingerprint density at radius 2 is 2.05 bits per heavy atom. The zero-order chi connectivity index (χ0) is 14.0. The van der Waals surface area contributed by atoms with Gasteiger partial charge in [-0.2, -0.15) is 0 Å². The third kappa shape index (κ3) is 2.93. The summed E-state index contributed by atoms with van der Waals surface area (Å²) in [6, 6.07) is 5.70. The fourth-order valence-electron chi connectivity index (χ4n) is 2.19. The Labute approximate surface area is 112 Å². The van der Waals surface area contributed by atoms with Crippen LogP contribution in [0.4, 0.5) is 0 Å². The summed E-state index contributed by atoms with van der Waals surface area (Å²) < 4.78 is 5.11. The molecule has 1 saturated heterocycles. The first-order valence-electron chi connectivity index (χ1n) is 6.18. The van der Waals surface area contributed by atoms with E-state index < -0.39 is 11.4 Å². The monoisotopic (exact) mass is 262 g/mol. The zero-order valence-corrected chi connectivity index (χ0v) is 11.2. The van der Waals surface area contributed by atoms with Crippen molar-refractivity contribution in [2.75, 3.05) is 13.2 Å². The first-order valence-corrected chi connectivity index (χ1v) is 6.18. The van der Waals surface area contributed by atoms with E-state index in [9.17, 15) is 9.59 Å². The van der Waals surface area contributed by atoms with Gasteiger partial charge in [0.1, 0.15) is 0 Å². The third-order valence-corrected chi connectivity index (χ3v) is 3.29. The minimum atomic E-state index is -0.640. The van der Waals surface area contributed by atoms with E-state index in [0.29, 0.717) is 18.8 Å². The highest BCUT2D eigenvalue weighted by Gasteiger charge is 2.41. The second-order valence-electron chi connectivity index (χ2n) is 5.19. The van der Waals surface area contributed by atoms with Crippen LogP contribution in [0, 0.1) is 13.8 Å². The van der Waals surface area contributed by atoms with E-state index in [2.05, 4.69) is 5.32 Å². The lowest BCUT2D eigenvalue weighted by atomic mass is 9.91. The Bertz CT molecular complexity index is 521. The highest BCUT2D eigenvalue weighted by Crippen LogP contribution is 2.22. The van der Waals surface area contributed by atoms with Crippen molar-refractivity contribution in [2.45, 2.75) is 25.8 Å². The minimum absolute atomic E-state index is 0.101. The van der Waals surface area contributed by atoms with E-state index in [1.807, 2.05) is 32.0 Å². The summed E-state index contributed by atoms with van der Waals surface area (Å²) in [5.74, 6) is -0.629. The molecule has 2 rings (SSSR count). The molecule has 0 bridgehead atoms. The van der Waals surface area contributed by atoms with Gasteiger partial charge in [0.05, 0.1) is 25.2 Å². The third-order valence-electron chi connectivity index (χ3n) is 3.29. The molecule has 1 heterocycles. The number of ether oxygens (including phenoxy) is 1. The van der Waals surface area contributed by atoms with Gasteiger partial charge in [0.25, 0.3) is 5.91 Å². The molecule has 1 fully saturated rings. The molecule has 102 valence electrons. The highest BCUT2D eigenvalue weighted by molar-refractivity contribution is 5.96. The van der Waals surface area contributed by atoms with Crippen LogP contribution in [0.5, 0.6) is 0 Å². The number of primary amides is 1. The maximum Gasteiger partial charge on any atom is 0.252 e. The normalized spacial score (nSPS) is 16.5. The van der Waals surface area contributed by atoms with Crippen molar-refractivity contribution >= 4 is 11.8 Å². The van der Waals surface area contributed by atoms with Crippen LogP contribution in [0.25, 0.3) is 0 Å². The fraction of sp³-hybridized carbons (Fsp3) is 0.429. The molecule has 1 aromatic rings. The summed E-state index contributed by atoms with van der Waals surface area (Å²) in [7, 11) is 0. The van der Waals surface area contributed by atoms with Crippen molar-refractivity contribution in [1.29, 1.82) is 0 Å². The molecule has 1 aromatic carbocycles. The molecule has 5 heteroatoms. The fourth-order valence-corrected chi connectivity index (χ4v) is 2.19. The topological polar surface area (TPSA) is 81.4 Å². The van der Waals surface area contributed by atoms with Crippen LogP contribution in [0.2, 0.25) is 0 Å². The second-order valence-corrected chi connectivity index (χ2v) is 5.19. The molecule has 19 heavy (non-hydrogen) atoms. The van der Waals surface area contributed by atoms with Crippen molar-refractivity contribution in [2.24, 2.45) is 5.73 Å². The average Bonchev–Trinajstić information content (AvgIpc) is 2.28. The lowest BCUT2D eigenvalue weighted by molar-refractivity contribution is -0.127. The Kier molecular flexibility index (Phi) is 3.57. The second kappa shape index (κ2) is 5.01. The molecule has 0 atom stereocenters. The van der Waals surface area contributed by atoms with Gasteiger partial charge >= 0.3 is 0 Å². The number of hydrogen-bond donors (Lipinski definition) is 2. The molecule has 0 aliphatic carbocycles. The van der Waals surface area contributed by atoms with Gasteiger partial charge in [-0.1, -0.05) is 17.7 Å². The van der Waals surface area contributed by atoms with Crippen LogP contribution in [-0.4, -0.2) is 30.6 Å². The van der Waals surface area contributed by atoms with E-state index in [1.54, 1.807) is 0 Å². The van der Waals surface area contributed by atoms with Crippen LogP contribution >= 0.6 is 0 Å². The SMILES string of the molecule is Cc1ccc(C)c(C(=O)NC2(CC(N)=O)COC2)c1. The summed E-state index contributed by atoms with van der Waals surface area (Å²) in [5, 5.41) is 2.88. The molecular weight excluding hydrogens is 244 g/mol. The van der Waals surface area contributed by atoms with E-state index in [-0.39, 0.29) is 12.3 Å². The number of carbonyl (C=O) groups excluding carboxylic acids is 2. The van der Waals surface area contributed by atoms with Crippen molar-refractivity contribution in [3.8, 4) is 0 Å². The Balaban J connectivity index is 2.16. The smallest absolute Gasteiger partial charge is 0.252 e. The lowest BCUT2D eigenvalue weighted by Gasteiger charge is -2.41. The van der Waals surface area contributed by atoms with Gasteiger partial charge in [0, 0.05) is 5.56 Å². The molecule has 1 aliphatic rings. The first-order chi connectivity index (χ1) is 8.92. The molecule has 0 aromatic heterocycles. The summed E-state index contributed by atoms with van der Waals surface area (Å²) in [6.45, 7) is 4.47. The Hall–Kier alpha value is -1.88.